The van der Waals surface area contributed by atoms with Crippen LogP contribution in [0, 0.1) is 0 Å². The number of hydrogen-bond acceptors (Lipinski definition) is 1. The quantitative estimate of drug-likeness (QED) is 0.553. The molecule has 0 radical (unpaired) electrons. The van der Waals surface area contributed by atoms with E-state index in [-0.39, 0.29) is 3.92 Å². The molecule has 0 amide bonds. The molecule has 1 atom stereocenters. The van der Waals surface area contributed by atoms with Gasteiger partial charge in [-0.25, -0.2) is 0 Å². The lowest BCUT2D eigenvalue weighted by Crippen LogP contribution is -2.24. The molecular weight excluding hydrogens is 260 g/mol. The third kappa shape index (κ3) is 4.08. The van der Waals surface area contributed by atoms with Crippen molar-refractivity contribution in [3.63, 3.8) is 0 Å². The van der Waals surface area contributed by atoms with Crippen LogP contribution in [0.3, 0.4) is 0 Å². The summed E-state index contributed by atoms with van der Waals surface area (Å²) in [5.74, 6) is -1.64. The summed E-state index contributed by atoms with van der Waals surface area (Å²) in [6, 6.07) is 0. The van der Waals surface area contributed by atoms with E-state index in [9.17, 15) is 18.0 Å². The summed E-state index contributed by atoms with van der Waals surface area (Å²) < 4.78 is 34.1. The molecule has 0 bridgehead atoms. The minimum Gasteiger partial charge on any atom is -0.290 e. The number of Topliss-reactive ketones (excluding diaryl/α,β-unsaturated/α-hetero) is 1. The standard InChI is InChI=1S/C5H6F3IO/c1-3(9)2-4(10)5(6,7)8/h3H,2H2,1H3/t3-/m1/s1. The van der Waals surface area contributed by atoms with Crippen molar-refractivity contribution in [3.8, 4) is 0 Å². The van der Waals surface area contributed by atoms with Crippen LogP contribution >= 0.6 is 22.6 Å². The third-order valence-electron chi connectivity index (χ3n) is 0.783. The van der Waals surface area contributed by atoms with Crippen molar-refractivity contribution < 1.29 is 18.0 Å². The van der Waals surface area contributed by atoms with Crippen LogP contribution in [0.4, 0.5) is 13.2 Å². The summed E-state index contributed by atoms with van der Waals surface area (Å²) in [5, 5.41) is 0. The van der Waals surface area contributed by atoms with Crippen LogP contribution < -0.4 is 0 Å². The van der Waals surface area contributed by atoms with E-state index < -0.39 is 18.4 Å². The Morgan fingerprint density at radius 2 is 2.00 bits per heavy atom. The zero-order valence-corrected chi connectivity index (χ0v) is 7.36. The van der Waals surface area contributed by atoms with Crippen molar-refractivity contribution in [2.75, 3.05) is 0 Å². The van der Waals surface area contributed by atoms with Crippen molar-refractivity contribution >= 4 is 28.4 Å². The molecule has 0 aromatic rings. The molecule has 0 rings (SSSR count). The number of alkyl halides is 4. The van der Waals surface area contributed by atoms with Crippen molar-refractivity contribution in [2.45, 2.75) is 23.4 Å². The average Bonchev–Trinajstić information content (AvgIpc) is 1.60. The van der Waals surface area contributed by atoms with E-state index >= 15 is 0 Å². The number of carbonyl (C=O) groups excluding carboxylic acids is 1. The second kappa shape index (κ2) is 3.54. The third-order valence-corrected chi connectivity index (χ3v) is 1.22. The Morgan fingerprint density at radius 3 is 2.10 bits per heavy atom. The lowest BCUT2D eigenvalue weighted by atomic mass is 10.2. The molecule has 0 N–H and O–H groups in total. The highest BCUT2D eigenvalue weighted by Crippen LogP contribution is 2.20. The normalized spacial score (nSPS) is 14.9. The van der Waals surface area contributed by atoms with Gasteiger partial charge in [0.05, 0.1) is 0 Å². The van der Waals surface area contributed by atoms with Crippen molar-refractivity contribution in [1.29, 1.82) is 0 Å². The molecular formula is C5H6F3IO. The number of hydrogen-bond donors (Lipinski definition) is 0. The minimum absolute atomic E-state index is 0.258. The predicted molar refractivity (Wildman–Crippen MR) is 39.2 cm³/mol. The molecule has 5 heteroatoms. The predicted octanol–water partition coefficient (Wildman–Crippen LogP) is 2.33. The highest BCUT2D eigenvalue weighted by molar-refractivity contribution is 14.1. The second-order valence-corrected chi connectivity index (χ2v) is 4.03. The van der Waals surface area contributed by atoms with Crippen molar-refractivity contribution in [3.05, 3.63) is 0 Å². The van der Waals surface area contributed by atoms with Crippen LogP contribution in [0.2, 0.25) is 0 Å². The van der Waals surface area contributed by atoms with Gasteiger partial charge in [-0.3, -0.25) is 4.79 Å². The van der Waals surface area contributed by atoms with Gasteiger partial charge in [0.1, 0.15) is 0 Å². The molecule has 0 saturated heterocycles. The molecule has 0 saturated carbocycles. The maximum atomic E-state index is 11.5. The summed E-state index contributed by atoms with van der Waals surface area (Å²) in [5.41, 5.74) is 0. The average molecular weight is 266 g/mol. The first kappa shape index (κ1) is 10.2. The Bertz CT molecular complexity index is 129. The smallest absolute Gasteiger partial charge is 0.290 e. The van der Waals surface area contributed by atoms with E-state index in [1.165, 1.54) is 0 Å². The van der Waals surface area contributed by atoms with Crippen LogP contribution in [-0.4, -0.2) is 15.9 Å². The van der Waals surface area contributed by atoms with Gasteiger partial charge in [0.2, 0.25) is 5.78 Å². The number of carbonyl (C=O) groups is 1. The maximum absolute atomic E-state index is 11.5. The van der Waals surface area contributed by atoms with Crippen LogP contribution in [0.15, 0.2) is 0 Å². The first-order chi connectivity index (χ1) is 4.34. The number of halogens is 4. The molecule has 0 fully saturated rings. The van der Waals surface area contributed by atoms with Gasteiger partial charge >= 0.3 is 6.18 Å². The van der Waals surface area contributed by atoms with Gasteiger partial charge in [0.15, 0.2) is 0 Å². The second-order valence-electron chi connectivity index (χ2n) is 1.91. The Hall–Kier alpha value is 0.190. The van der Waals surface area contributed by atoms with Gasteiger partial charge in [-0.1, -0.05) is 29.5 Å². The maximum Gasteiger partial charge on any atom is 0.450 e. The highest BCUT2D eigenvalue weighted by Gasteiger charge is 2.37. The summed E-state index contributed by atoms with van der Waals surface area (Å²) in [6.07, 6.45) is -5.08. The molecule has 60 valence electrons. The van der Waals surface area contributed by atoms with Crippen LogP contribution in [0.5, 0.6) is 0 Å². The molecule has 0 aromatic heterocycles. The number of rotatable bonds is 2. The van der Waals surface area contributed by atoms with Gasteiger partial charge in [0.25, 0.3) is 0 Å². The monoisotopic (exact) mass is 266 g/mol. The van der Waals surface area contributed by atoms with E-state index in [0.717, 1.165) is 0 Å². The van der Waals surface area contributed by atoms with E-state index in [1.807, 2.05) is 0 Å². The first-order valence-corrected chi connectivity index (χ1v) is 3.82. The zero-order valence-electron chi connectivity index (χ0n) is 5.20. The van der Waals surface area contributed by atoms with Crippen LogP contribution in [0.1, 0.15) is 13.3 Å². The Morgan fingerprint density at radius 1 is 1.60 bits per heavy atom. The fourth-order valence-corrected chi connectivity index (χ4v) is 0.771. The summed E-state index contributed by atoms with van der Waals surface area (Å²) in [7, 11) is 0. The van der Waals surface area contributed by atoms with Gasteiger partial charge in [0, 0.05) is 10.3 Å². The largest absolute Gasteiger partial charge is 0.450 e. The lowest BCUT2D eigenvalue weighted by Gasteiger charge is -2.05. The molecule has 0 heterocycles. The van der Waals surface area contributed by atoms with Gasteiger partial charge in [-0.15, -0.1) is 0 Å². The van der Waals surface area contributed by atoms with Gasteiger partial charge < -0.3 is 0 Å². The van der Waals surface area contributed by atoms with E-state index in [4.69, 9.17) is 0 Å². The first-order valence-electron chi connectivity index (χ1n) is 2.58. The van der Waals surface area contributed by atoms with Crippen LogP contribution in [-0.2, 0) is 4.79 Å². The van der Waals surface area contributed by atoms with Crippen molar-refractivity contribution in [2.24, 2.45) is 0 Å². The number of ketones is 1. The molecule has 0 aliphatic rings. The summed E-state index contributed by atoms with van der Waals surface area (Å²) >= 11 is 1.78. The molecule has 0 aromatic carbocycles. The molecule has 10 heavy (non-hydrogen) atoms. The molecule has 0 unspecified atom stereocenters. The molecule has 0 spiro atoms. The molecule has 0 aliphatic heterocycles. The topological polar surface area (TPSA) is 17.1 Å². The van der Waals surface area contributed by atoms with E-state index in [0.29, 0.717) is 0 Å². The van der Waals surface area contributed by atoms with Gasteiger partial charge in [-0.2, -0.15) is 13.2 Å². The Balaban J connectivity index is 3.87. The fraction of sp³-hybridized carbons (Fsp3) is 0.800. The molecule has 0 aliphatic carbocycles. The van der Waals surface area contributed by atoms with Crippen molar-refractivity contribution in [1.82, 2.24) is 0 Å². The summed E-state index contributed by atoms with van der Waals surface area (Å²) in [6.45, 7) is 1.56. The van der Waals surface area contributed by atoms with E-state index in [2.05, 4.69) is 0 Å². The summed E-state index contributed by atoms with van der Waals surface area (Å²) in [4.78, 5) is 10.1. The SMILES string of the molecule is C[C@@H](I)CC(=O)C(F)(F)F. The fourth-order valence-electron chi connectivity index (χ4n) is 0.371. The Kier molecular flexibility index (Phi) is 3.61. The minimum atomic E-state index is -4.65. The van der Waals surface area contributed by atoms with E-state index in [1.54, 1.807) is 29.5 Å². The van der Waals surface area contributed by atoms with Gasteiger partial charge in [-0.05, 0) is 0 Å². The zero-order chi connectivity index (χ0) is 8.36. The molecule has 1 nitrogen and oxygen atoms in total. The highest BCUT2D eigenvalue weighted by atomic mass is 127. The lowest BCUT2D eigenvalue weighted by molar-refractivity contribution is -0.170. The van der Waals surface area contributed by atoms with Crippen LogP contribution in [0.25, 0.3) is 0 Å². The Labute approximate surface area is 70.1 Å².